The van der Waals surface area contributed by atoms with Crippen LogP contribution < -0.4 is 5.32 Å². The average molecular weight is 286 g/mol. The number of anilines is 1. The molecule has 2 heterocycles. The molecule has 0 radical (unpaired) electrons. The van der Waals surface area contributed by atoms with E-state index in [-0.39, 0.29) is 6.61 Å². The van der Waals surface area contributed by atoms with Crippen molar-refractivity contribution in [3.63, 3.8) is 0 Å². The zero-order chi connectivity index (χ0) is 14.5. The number of rotatable bonds is 6. The van der Waals surface area contributed by atoms with Crippen molar-refractivity contribution in [1.82, 2.24) is 25.2 Å². The summed E-state index contributed by atoms with van der Waals surface area (Å²) in [5.74, 6) is 0.494. The molecule has 0 amide bonds. The summed E-state index contributed by atoms with van der Waals surface area (Å²) in [5.41, 5.74) is 2.63. The minimum atomic E-state index is 0.0490. The van der Waals surface area contributed by atoms with Crippen LogP contribution in [-0.2, 0) is 13.1 Å². The Morgan fingerprint density at radius 1 is 1.19 bits per heavy atom. The van der Waals surface area contributed by atoms with Gasteiger partial charge in [0, 0.05) is 11.3 Å². The van der Waals surface area contributed by atoms with Gasteiger partial charge in [0.15, 0.2) is 0 Å². The fourth-order valence-corrected chi connectivity index (χ4v) is 1.85. The highest BCUT2D eigenvalue weighted by Gasteiger charge is 2.04. The van der Waals surface area contributed by atoms with E-state index in [0.717, 1.165) is 16.9 Å². The molecule has 2 N–H and O–H groups in total. The summed E-state index contributed by atoms with van der Waals surface area (Å²) in [6.45, 7) is 1.06. The molecule has 8 heteroatoms. The highest BCUT2D eigenvalue weighted by atomic mass is 16.4. The molecule has 0 atom stereocenters. The van der Waals surface area contributed by atoms with E-state index in [1.54, 1.807) is 10.9 Å². The molecule has 0 fully saturated rings. The van der Waals surface area contributed by atoms with Crippen molar-refractivity contribution in [3.05, 3.63) is 42.5 Å². The number of hydrogen-bond acceptors (Lipinski definition) is 7. The van der Waals surface area contributed by atoms with Crippen LogP contribution in [0.15, 0.2) is 41.3 Å². The molecule has 8 nitrogen and oxygen atoms in total. The first-order valence-corrected chi connectivity index (χ1v) is 6.45. The Kier molecular flexibility index (Phi) is 3.88. The quantitative estimate of drug-likeness (QED) is 0.695. The zero-order valence-electron chi connectivity index (χ0n) is 11.2. The first-order valence-electron chi connectivity index (χ1n) is 6.45. The number of aromatic nitrogens is 5. The Morgan fingerprint density at radius 2 is 2.05 bits per heavy atom. The highest BCUT2D eigenvalue weighted by Crippen LogP contribution is 2.19. The van der Waals surface area contributed by atoms with Crippen molar-refractivity contribution in [2.75, 3.05) is 11.9 Å². The van der Waals surface area contributed by atoms with Crippen LogP contribution in [0.1, 0.15) is 5.69 Å². The lowest BCUT2D eigenvalue weighted by atomic mass is 10.2. The van der Waals surface area contributed by atoms with Gasteiger partial charge >= 0.3 is 0 Å². The molecule has 3 rings (SSSR count). The van der Waals surface area contributed by atoms with Crippen LogP contribution in [-0.4, -0.2) is 36.9 Å². The molecule has 2 aromatic heterocycles. The van der Waals surface area contributed by atoms with Crippen LogP contribution in [0.5, 0.6) is 0 Å². The topological polar surface area (TPSA) is 102 Å². The van der Waals surface area contributed by atoms with Crippen molar-refractivity contribution >= 4 is 5.69 Å². The number of aliphatic hydroxyl groups excluding tert-OH is 1. The Labute approximate surface area is 120 Å². The van der Waals surface area contributed by atoms with Crippen molar-refractivity contribution < 1.29 is 9.52 Å². The van der Waals surface area contributed by atoms with E-state index in [4.69, 9.17) is 9.52 Å². The lowest BCUT2D eigenvalue weighted by molar-refractivity contribution is 0.268. The van der Waals surface area contributed by atoms with Gasteiger partial charge in [0.05, 0.1) is 25.9 Å². The maximum Gasteiger partial charge on any atom is 0.247 e. The summed E-state index contributed by atoms with van der Waals surface area (Å²) >= 11 is 0. The van der Waals surface area contributed by atoms with E-state index in [0.29, 0.717) is 19.0 Å². The Bertz CT molecular complexity index is 677. The van der Waals surface area contributed by atoms with Crippen LogP contribution in [0.25, 0.3) is 11.5 Å². The largest absolute Gasteiger partial charge is 0.423 e. The SMILES string of the molecule is OCCn1cc(CNc2ccc(-c3nnco3)cc2)nn1. The molecule has 1 aromatic carbocycles. The molecular weight excluding hydrogens is 272 g/mol. The van der Waals surface area contributed by atoms with Crippen molar-refractivity contribution in [2.24, 2.45) is 0 Å². The van der Waals surface area contributed by atoms with Gasteiger partial charge in [0.2, 0.25) is 12.3 Å². The van der Waals surface area contributed by atoms with Crippen LogP contribution in [0, 0.1) is 0 Å². The van der Waals surface area contributed by atoms with Crippen LogP contribution in [0.2, 0.25) is 0 Å². The molecule has 0 spiro atoms. The summed E-state index contributed by atoms with van der Waals surface area (Å²) in [6.07, 6.45) is 3.10. The molecule has 0 unspecified atom stereocenters. The first kappa shape index (κ1) is 13.3. The Morgan fingerprint density at radius 3 is 2.76 bits per heavy atom. The van der Waals surface area contributed by atoms with E-state index in [9.17, 15) is 0 Å². The van der Waals surface area contributed by atoms with Gasteiger partial charge in [-0.25, -0.2) is 4.68 Å². The molecule has 0 bridgehead atoms. The zero-order valence-corrected chi connectivity index (χ0v) is 11.2. The van der Waals surface area contributed by atoms with E-state index < -0.39 is 0 Å². The molecule has 0 aliphatic rings. The normalized spacial score (nSPS) is 10.7. The summed E-state index contributed by atoms with van der Waals surface area (Å²) in [6, 6.07) is 7.66. The molecular formula is C13H14N6O2. The predicted molar refractivity (Wildman–Crippen MR) is 74.2 cm³/mol. The van der Waals surface area contributed by atoms with Gasteiger partial charge in [-0.1, -0.05) is 5.21 Å². The molecule has 0 saturated carbocycles. The van der Waals surface area contributed by atoms with Crippen molar-refractivity contribution in [3.8, 4) is 11.5 Å². The molecule has 108 valence electrons. The summed E-state index contributed by atoms with van der Waals surface area (Å²) in [7, 11) is 0. The van der Waals surface area contributed by atoms with Crippen LogP contribution in [0.3, 0.4) is 0 Å². The second kappa shape index (κ2) is 6.14. The van der Waals surface area contributed by atoms with Gasteiger partial charge < -0.3 is 14.8 Å². The Hall–Kier alpha value is -2.74. The van der Waals surface area contributed by atoms with Gasteiger partial charge in [0.1, 0.15) is 5.69 Å². The monoisotopic (exact) mass is 286 g/mol. The van der Waals surface area contributed by atoms with E-state index in [1.165, 1.54) is 6.39 Å². The number of nitrogens with zero attached hydrogens (tertiary/aromatic N) is 5. The highest BCUT2D eigenvalue weighted by molar-refractivity contribution is 5.58. The number of hydrogen-bond donors (Lipinski definition) is 2. The van der Waals surface area contributed by atoms with Gasteiger partial charge in [-0.15, -0.1) is 15.3 Å². The molecule has 0 saturated heterocycles. The van der Waals surface area contributed by atoms with Crippen LogP contribution in [0.4, 0.5) is 5.69 Å². The molecule has 0 aliphatic carbocycles. The molecule has 0 aliphatic heterocycles. The van der Waals surface area contributed by atoms with E-state index in [1.807, 2.05) is 24.3 Å². The minimum Gasteiger partial charge on any atom is -0.423 e. The second-order valence-corrected chi connectivity index (χ2v) is 4.37. The van der Waals surface area contributed by atoms with E-state index >= 15 is 0 Å². The lowest BCUT2D eigenvalue weighted by Gasteiger charge is -2.04. The smallest absolute Gasteiger partial charge is 0.247 e. The minimum absolute atomic E-state index is 0.0490. The number of benzene rings is 1. The average Bonchev–Trinajstić information content (AvgIpc) is 3.18. The van der Waals surface area contributed by atoms with E-state index in [2.05, 4.69) is 25.8 Å². The fourth-order valence-electron chi connectivity index (χ4n) is 1.85. The van der Waals surface area contributed by atoms with Gasteiger partial charge in [-0.05, 0) is 24.3 Å². The molecule has 3 aromatic rings. The fraction of sp³-hybridized carbons (Fsp3) is 0.231. The number of nitrogens with one attached hydrogen (secondary N) is 1. The number of aliphatic hydroxyl groups is 1. The van der Waals surface area contributed by atoms with Gasteiger partial charge in [-0.2, -0.15) is 0 Å². The molecule has 21 heavy (non-hydrogen) atoms. The third kappa shape index (κ3) is 3.23. The lowest BCUT2D eigenvalue weighted by Crippen LogP contribution is -2.02. The summed E-state index contributed by atoms with van der Waals surface area (Å²) < 4.78 is 6.74. The van der Waals surface area contributed by atoms with Crippen molar-refractivity contribution in [2.45, 2.75) is 13.1 Å². The maximum atomic E-state index is 8.82. The van der Waals surface area contributed by atoms with Crippen LogP contribution >= 0.6 is 0 Å². The third-order valence-corrected chi connectivity index (χ3v) is 2.88. The summed E-state index contributed by atoms with van der Waals surface area (Å²) in [4.78, 5) is 0. The third-order valence-electron chi connectivity index (χ3n) is 2.88. The first-order chi connectivity index (χ1) is 10.3. The Balaban J connectivity index is 1.60. The summed E-state index contributed by atoms with van der Waals surface area (Å²) in [5, 5.41) is 27.5. The second-order valence-electron chi connectivity index (χ2n) is 4.37. The van der Waals surface area contributed by atoms with Crippen molar-refractivity contribution in [1.29, 1.82) is 0 Å². The standard InChI is InChI=1S/C13H14N6O2/c20-6-5-19-8-12(16-18-19)7-14-11-3-1-10(2-4-11)13-17-15-9-21-13/h1-4,8-9,14,20H,5-7H2. The van der Waals surface area contributed by atoms with Gasteiger partial charge in [0.25, 0.3) is 0 Å². The van der Waals surface area contributed by atoms with Gasteiger partial charge in [-0.3, -0.25) is 0 Å². The predicted octanol–water partition coefficient (Wildman–Crippen LogP) is 0.932. The maximum absolute atomic E-state index is 8.82.